The number of nitrogens with two attached hydrogens (primary N) is 1. The normalized spacial score (nSPS) is 11.9. The summed E-state index contributed by atoms with van der Waals surface area (Å²) in [7, 11) is 1.86. The van der Waals surface area contributed by atoms with Crippen molar-refractivity contribution in [1.82, 2.24) is 38.9 Å². The molecule has 10 nitrogen and oxygen atoms in total. The fraction of sp³-hybridized carbons (Fsp3) is 0.115. The lowest BCUT2D eigenvalue weighted by Crippen LogP contribution is -2.29. The number of hydrogen-bond acceptors (Lipinski definition) is 7. The van der Waals surface area contributed by atoms with Gasteiger partial charge in [0.05, 0.1) is 29.2 Å². The van der Waals surface area contributed by atoms with E-state index in [-0.39, 0.29) is 17.3 Å². The first kappa shape index (κ1) is 22.5. The van der Waals surface area contributed by atoms with Gasteiger partial charge in [0.1, 0.15) is 23.4 Å². The van der Waals surface area contributed by atoms with E-state index in [4.69, 9.17) is 10.7 Å². The van der Waals surface area contributed by atoms with E-state index in [0.717, 1.165) is 33.2 Å². The molecule has 0 spiro atoms. The fourth-order valence-corrected chi connectivity index (χ4v) is 5.05. The van der Waals surface area contributed by atoms with Crippen molar-refractivity contribution in [3.05, 3.63) is 89.3 Å². The number of carbonyl (C=O) groups is 1. The molecule has 1 atom stereocenters. The molecule has 5 aromatic heterocycles. The van der Waals surface area contributed by atoms with E-state index in [0.29, 0.717) is 5.65 Å². The fourth-order valence-electron chi connectivity index (χ4n) is 4.22. The summed E-state index contributed by atoms with van der Waals surface area (Å²) >= 11 is 1.49. The van der Waals surface area contributed by atoms with Crippen LogP contribution in [0.3, 0.4) is 0 Å². The summed E-state index contributed by atoms with van der Waals surface area (Å²) in [5, 5.41) is 9.21. The Morgan fingerprint density at radius 3 is 2.81 bits per heavy atom. The molecule has 6 rings (SSSR count). The summed E-state index contributed by atoms with van der Waals surface area (Å²) in [6.07, 6.45) is 8.44. The van der Waals surface area contributed by atoms with Gasteiger partial charge in [-0.05, 0) is 12.8 Å². The summed E-state index contributed by atoms with van der Waals surface area (Å²) in [6, 6.07) is 9.50. The Morgan fingerprint density at radius 2 is 2.03 bits per heavy atom. The first-order chi connectivity index (χ1) is 18.0. The second-order valence-electron chi connectivity index (χ2n) is 8.46. The highest BCUT2D eigenvalue weighted by Crippen LogP contribution is 2.33. The average molecular weight is 508 g/mol. The molecular weight excluding hydrogens is 486 g/mol. The Morgan fingerprint density at radius 1 is 1.19 bits per heavy atom. The molecule has 37 heavy (non-hydrogen) atoms. The van der Waals surface area contributed by atoms with Gasteiger partial charge < -0.3 is 11.1 Å². The van der Waals surface area contributed by atoms with Gasteiger partial charge in [-0.1, -0.05) is 36.3 Å². The predicted molar refractivity (Wildman–Crippen MR) is 141 cm³/mol. The number of aryl methyl sites for hydroxylation is 1. The van der Waals surface area contributed by atoms with E-state index in [1.807, 2.05) is 60.3 Å². The minimum absolute atomic E-state index is 0.116. The Balaban J connectivity index is 1.43. The third-order valence-corrected chi connectivity index (χ3v) is 6.76. The molecule has 11 heteroatoms. The second kappa shape index (κ2) is 8.92. The molecule has 0 fully saturated rings. The summed E-state index contributed by atoms with van der Waals surface area (Å²) in [6.45, 7) is 1.90. The minimum atomic E-state index is -0.441. The van der Waals surface area contributed by atoms with Crippen LogP contribution in [-0.4, -0.2) is 39.4 Å². The molecule has 0 saturated heterocycles. The van der Waals surface area contributed by atoms with Crippen LogP contribution in [0.1, 0.15) is 40.3 Å². The lowest BCUT2D eigenvalue weighted by Gasteiger charge is -2.15. The molecule has 0 unspecified atom stereocenters. The van der Waals surface area contributed by atoms with Crippen LogP contribution in [-0.2, 0) is 7.05 Å². The number of nitrogens with one attached hydrogen (secondary N) is 1. The molecule has 0 radical (unpaired) electrons. The van der Waals surface area contributed by atoms with Crippen LogP contribution >= 0.6 is 11.3 Å². The number of hydrogen-bond donors (Lipinski definition) is 2. The number of fused-ring (bicyclic) bond motifs is 2. The quantitative estimate of drug-likeness (QED) is 0.353. The highest BCUT2D eigenvalue weighted by molar-refractivity contribution is 7.15. The number of rotatable bonds is 4. The van der Waals surface area contributed by atoms with E-state index in [2.05, 4.69) is 32.2 Å². The Hall–Kier alpha value is -4.95. The first-order valence-electron chi connectivity index (χ1n) is 11.4. The number of thiazole rings is 1. The van der Waals surface area contributed by atoms with E-state index in [1.165, 1.54) is 17.7 Å². The van der Waals surface area contributed by atoms with Gasteiger partial charge in [0.15, 0.2) is 10.6 Å². The minimum Gasteiger partial charge on any atom is -0.383 e. The number of nitrogen functional groups attached to an aromatic ring is 1. The zero-order valence-electron chi connectivity index (χ0n) is 20.0. The first-order valence-corrected chi connectivity index (χ1v) is 12.3. The molecule has 3 N–H and O–H groups in total. The van der Waals surface area contributed by atoms with Crippen molar-refractivity contribution in [3.8, 4) is 23.1 Å². The number of nitrogens with zero attached hydrogens (tertiary/aromatic N) is 7. The van der Waals surface area contributed by atoms with Crippen LogP contribution in [0.2, 0.25) is 0 Å². The smallest absolute Gasteiger partial charge is 0.259 e. The highest BCUT2D eigenvalue weighted by Gasteiger charge is 2.25. The van der Waals surface area contributed by atoms with Gasteiger partial charge in [-0.2, -0.15) is 5.10 Å². The van der Waals surface area contributed by atoms with E-state index < -0.39 is 6.04 Å². The molecular formula is C26H21N9OS. The number of amides is 1. The van der Waals surface area contributed by atoms with Crippen molar-refractivity contribution < 1.29 is 4.79 Å². The number of anilines is 1. The van der Waals surface area contributed by atoms with Crippen molar-refractivity contribution in [3.63, 3.8) is 0 Å². The molecule has 182 valence electrons. The topological polar surface area (TPSA) is 120 Å². The Labute approximate surface area is 215 Å². The summed E-state index contributed by atoms with van der Waals surface area (Å²) < 4.78 is 5.41. The molecule has 6 aromatic rings. The highest BCUT2D eigenvalue weighted by atomic mass is 32.1. The zero-order chi connectivity index (χ0) is 25.5. The van der Waals surface area contributed by atoms with Crippen molar-refractivity contribution in [2.24, 2.45) is 7.05 Å². The molecule has 1 aromatic carbocycles. The van der Waals surface area contributed by atoms with E-state index in [1.54, 1.807) is 27.7 Å². The summed E-state index contributed by atoms with van der Waals surface area (Å²) in [5.74, 6) is 6.18. The Kier molecular flexibility index (Phi) is 5.43. The predicted octanol–water partition coefficient (Wildman–Crippen LogP) is 3.31. The summed E-state index contributed by atoms with van der Waals surface area (Å²) in [4.78, 5) is 27.4. The maximum atomic E-state index is 13.3. The maximum absolute atomic E-state index is 13.3. The van der Waals surface area contributed by atoms with Gasteiger partial charge in [-0.25, -0.2) is 15.0 Å². The van der Waals surface area contributed by atoms with Crippen LogP contribution in [0.5, 0.6) is 0 Å². The van der Waals surface area contributed by atoms with Crippen molar-refractivity contribution in [1.29, 1.82) is 0 Å². The molecule has 0 aliphatic rings. The van der Waals surface area contributed by atoms with Crippen molar-refractivity contribution in [2.75, 3.05) is 5.73 Å². The van der Waals surface area contributed by atoms with Crippen molar-refractivity contribution in [2.45, 2.75) is 13.0 Å². The van der Waals surface area contributed by atoms with E-state index >= 15 is 0 Å². The van der Waals surface area contributed by atoms with Crippen LogP contribution in [0.15, 0.2) is 66.8 Å². The van der Waals surface area contributed by atoms with Crippen LogP contribution < -0.4 is 11.1 Å². The third kappa shape index (κ3) is 3.99. The van der Waals surface area contributed by atoms with Crippen LogP contribution in [0.25, 0.3) is 21.9 Å². The molecule has 0 saturated carbocycles. The summed E-state index contributed by atoms with van der Waals surface area (Å²) in [5.41, 5.74) is 10.9. The molecule has 0 bridgehead atoms. The second-order valence-corrected chi connectivity index (χ2v) is 9.30. The van der Waals surface area contributed by atoms with Gasteiger partial charge in [0, 0.05) is 36.6 Å². The van der Waals surface area contributed by atoms with Crippen LogP contribution in [0, 0.1) is 11.8 Å². The molecule has 0 aliphatic heterocycles. The van der Waals surface area contributed by atoms with Gasteiger partial charge in [-0.3, -0.25) is 18.3 Å². The molecule has 0 aliphatic carbocycles. The number of carbonyl (C=O) groups excluding carboxylic acids is 1. The monoisotopic (exact) mass is 507 g/mol. The number of imidazole rings is 2. The van der Waals surface area contributed by atoms with E-state index in [9.17, 15) is 4.79 Å². The number of benzene rings is 1. The van der Waals surface area contributed by atoms with Crippen molar-refractivity contribution >= 4 is 33.7 Å². The third-order valence-electron chi connectivity index (χ3n) is 5.93. The Bertz CT molecular complexity index is 1830. The SMILES string of the molecule is C[C@H](NC(=O)c1c(N)ncn2ccnc12)c1nc2scc(C#Cc3cnn(C)c3)n2c1-c1ccccc1. The molecule has 1 amide bonds. The largest absolute Gasteiger partial charge is 0.383 e. The zero-order valence-corrected chi connectivity index (χ0v) is 20.8. The lowest BCUT2D eigenvalue weighted by atomic mass is 10.1. The lowest BCUT2D eigenvalue weighted by molar-refractivity contribution is 0.0941. The van der Waals surface area contributed by atoms with Gasteiger partial charge >= 0.3 is 0 Å². The van der Waals surface area contributed by atoms with Gasteiger partial charge in [-0.15, -0.1) is 11.3 Å². The number of aromatic nitrogens is 7. The standard InChI is InChI=1S/C26H21N9OS/c1-16(31-25(36)20-23(27)29-15-34-11-10-28-24(20)34)21-22(18-6-4-3-5-7-18)35-19(14-37-26(35)32-21)9-8-17-12-30-33(2)13-17/h3-7,10-16H,27H2,1-2H3,(H,31,36)/t16-/m0/s1. The average Bonchev–Trinajstić information content (AvgIpc) is 3.67. The van der Waals surface area contributed by atoms with Gasteiger partial charge in [0.25, 0.3) is 5.91 Å². The van der Waals surface area contributed by atoms with Gasteiger partial charge in [0.2, 0.25) is 0 Å². The maximum Gasteiger partial charge on any atom is 0.259 e. The molecule has 5 heterocycles. The van der Waals surface area contributed by atoms with Crippen LogP contribution in [0.4, 0.5) is 5.82 Å².